The Labute approximate surface area is 107 Å². The molecule has 0 radical (unpaired) electrons. The Hall–Kier alpha value is -1.78. The lowest BCUT2D eigenvalue weighted by molar-refractivity contribution is -0.384. The molecule has 0 atom stereocenters. The van der Waals surface area contributed by atoms with Gasteiger partial charge in [0.05, 0.1) is 4.92 Å². The highest BCUT2D eigenvalue weighted by Gasteiger charge is 2.21. The zero-order valence-corrected chi connectivity index (χ0v) is 10.6. The van der Waals surface area contributed by atoms with E-state index < -0.39 is 0 Å². The molecule has 0 heterocycles. The van der Waals surface area contributed by atoms with Gasteiger partial charge in [-0.2, -0.15) is 0 Å². The van der Waals surface area contributed by atoms with Crippen molar-refractivity contribution < 1.29 is 4.92 Å². The lowest BCUT2D eigenvalue weighted by Crippen LogP contribution is -2.05. The second-order valence-corrected chi connectivity index (χ2v) is 4.78. The van der Waals surface area contributed by atoms with Crippen molar-refractivity contribution in [2.24, 2.45) is 5.92 Å². The Balaban J connectivity index is 2.09. The number of nitro groups is 1. The summed E-state index contributed by atoms with van der Waals surface area (Å²) in [4.78, 5) is 10.5. The minimum atomic E-state index is -0.348. The number of hydrogen-bond acceptors (Lipinski definition) is 4. The topological polar surface area (TPSA) is 67.2 Å². The molecule has 0 aliphatic heterocycles. The number of nitrogens with one attached hydrogen (secondary N) is 2. The van der Waals surface area contributed by atoms with Gasteiger partial charge in [0.1, 0.15) is 0 Å². The predicted octanol–water partition coefficient (Wildman–Crippen LogP) is 3.24. The van der Waals surface area contributed by atoms with Gasteiger partial charge in [-0.25, -0.2) is 0 Å². The molecule has 2 N–H and O–H groups in total. The largest absolute Gasteiger partial charge is 0.385 e. The summed E-state index contributed by atoms with van der Waals surface area (Å²) in [5.41, 5.74) is 1.77. The lowest BCUT2D eigenvalue weighted by atomic mass is 10.2. The fourth-order valence-corrected chi connectivity index (χ4v) is 1.77. The third-order valence-electron chi connectivity index (χ3n) is 3.00. The van der Waals surface area contributed by atoms with Gasteiger partial charge in [0, 0.05) is 36.6 Å². The highest BCUT2D eigenvalue weighted by Crippen LogP contribution is 2.30. The van der Waals surface area contributed by atoms with E-state index in [1.165, 1.54) is 12.8 Å². The fraction of sp³-hybridized carbons (Fsp3) is 0.538. The molecule has 1 aromatic rings. The second kappa shape index (κ2) is 5.71. The van der Waals surface area contributed by atoms with Crippen LogP contribution in [0.2, 0.25) is 0 Å². The maximum Gasteiger partial charge on any atom is 0.273 e. The van der Waals surface area contributed by atoms with E-state index in [1.54, 1.807) is 12.1 Å². The summed E-state index contributed by atoms with van der Waals surface area (Å²) in [6.07, 6.45) is 3.53. The van der Waals surface area contributed by atoms with Crippen molar-refractivity contribution >= 4 is 17.1 Å². The van der Waals surface area contributed by atoms with E-state index in [0.717, 1.165) is 36.8 Å². The summed E-state index contributed by atoms with van der Waals surface area (Å²) < 4.78 is 0. The number of hydrogen-bond donors (Lipinski definition) is 2. The molecule has 98 valence electrons. The summed E-state index contributed by atoms with van der Waals surface area (Å²) in [5.74, 6) is 0.747. The molecule has 1 saturated carbocycles. The molecule has 18 heavy (non-hydrogen) atoms. The van der Waals surface area contributed by atoms with Crippen LogP contribution in [0.4, 0.5) is 17.1 Å². The Morgan fingerprint density at radius 3 is 2.50 bits per heavy atom. The molecule has 5 heteroatoms. The van der Waals surface area contributed by atoms with E-state index in [1.807, 2.05) is 6.07 Å². The van der Waals surface area contributed by atoms with Gasteiger partial charge in [0.25, 0.3) is 5.69 Å². The van der Waals surface area contributed by atoms with Crippen molar-refractivity contribution in [1.29, 1.82) is 0 Å². The third kappa shape index (κ3) is 3.61. The molecule has 5 nitrogen and oxygen atoms in total. The number of nitro benzene ring substituents is 1. The Kier molecular flexibility index (Phi) is 4.02. The number of rotatable bonds is 7. The van der Waals surface area contributed by atoms with Crippen molar-refractivity contribution in [3.05, 3.63) is 28.3 Å². The summed E-state index contributed by atoms with van der Waals surface area (Å²) in [6.45, 7) is 3.80. The second-order valence-electron chi connectivity index (χ2n) is 4.78. The number of anilines is 2. The van der Waals surface area contributed by atoms with Crippen LogP contribution in [0, 0.1) is 16.0 Å². The number of nitrogens with zero attached hydrogens (tertiary/aromatic N) is 1. The van der Waals surface area contributed by atoms with Gasteiger partial charge >= 0.3 is 0 Å². The first-order valence-electron chi connectivity index (χ1n) is 6.46. The standard InChI is InChI=1S/C13H19N3O2/c1-2-5-14-11-6-12(15-9-10-3-4-10)8-13(7-11)16(17)18/h6-8,10,14-15H,2-5,9H2,1H3. The first-order valence-corrected chi connectivity index (χ1v) is 6.46. The molecule has 0 unspecified atom stereocenters. The van der Waals surface area contributed by atoms with E-state index in [-0.39, 0.29) is 10.6 Å². The Morgan fingerprint density at radius 1 is 1.28 bits per heavy atom. The van der Waals surface area contributed by atoms with Crippen LogP contribution < -0.4 is 10.6 Å². The summed E-state index contributed by atoms with van der Waals surface area (Å²) in [7, 11) is 0. The van der Waals surface area contributed by atoms with Crippen LogP contribution in [0.3, 0.4) is 0 Å². The van der Waals surface area contributed by atoms with Crippen molar-refractivity contribution in [2.45, 2.75) is 26.2 Å². The monoisotopic (exact) mass is 249 g/mol. The van der Waals surface area contributed by atoms with Gasteiger partial charge < -0.3 is 10.6 Å². The van der Waals surface area contributed by atoms with Gasteiger partial charge in [-0.1, -0.05) is 6.92 Å². The van der Waals surface area contributed by atoms with Crippen LogP contribution in [0.5, 0.6) is 0 Å². The van der Waals surface area contributed by atoms with Crippen molar-refractivity contribution in [1.82, 2.24) is 0 Å². The SMILES string of the molecule is CCCNc1cc(NCC2CC2)cc([N+](=O)[O-])c1. The lowest BCUT2D eigenvalue weighted by Gasteiger charge is -2.09. The van der Waals surface area contributed by atoms with Gasteiger partial charge in [-0.05, 0) is 31.2 Å². The van der Waals surface area contributed by atoms with Crippen LogP contribution in [0.25, 0.3) is 0 Å². The van der Waals surface area contributed by atoms with E-state index in [9.17, 15) is 10.1 Å². The van der Waals surface area contributed by atoms with E-state index in [4.69, 9.17) is 0 Å². The molecular formula is C13H19N3O2. The van der Waals surface area contributed by atoms with Gasteiger partial charge in [-0.15, -0.1) is 0 Å². The van der Waals surface area contributed by atoms with E-state index in [2.05, 4.69) is 17.6 Å². The summed E-state index contributed by atoms with van der Waals surface area (Å²) in [5, 5.41) is 17.3. The number of non-ortho nitro benzene ring substituents is 1. The molecule has 1 fully saturated rings. The molecule has 2 rings (SSSR count). The van der Waals surface area contributed by atoms with E-state index in [0.29, 0.717) is 0 Å². The van der Waals surface area contributed by atoms with Gasteiger partial charge in [-0.3, -0.25) is 10.1 Å². The average Bonchev–Trinajstić information content (AvgIpc) is 3.17. The van der Waals surface area contributed by atoms with Crippen LogP contribution in [-0.2, 0) is 0 Å². The molecule has 0 bridgehead atoms. The van der Waals surface area contributed by atoms with Gasteiger partial charge in [0.15, 0.2) is 0 Å². The molecule has 0 saturated heterocycles. The minimum absolute atomic E-state index is 0.134. The van der Waals surface area contributed by atoms with Gasteiger partial charge in [0.2, 0.25) is 0 Å². The van der Waals surface area contributed by atoms with Crippen molar-refractivity contribution in [3.8, 4) is 0 Å². The smallest absolute Gasteiger partial charge is 0.273 e. The van der Waals surface area contributed by atoms with Crippen LogP contribution in [-0.4, -0.2) is 18.0 Å². The highest BCUT2D eigenvalue weighted by molar-refractivity contribution is 5.63. The first kappa shape index (κ1) is 12.7. The first-order chi connectivity index (χ1) is 8.69. The third-order valence-corrected chi connectivity index (χ3v) is 3.00. The summed E-state index contributed by atoms with van der Waals surface area (Å²) in [6, 6.07) is 5.11. The minimum Gasteiger partial charge on any atom is -0.385 e. The average molecular weight is 249 g/mol. The summed E-state index contributed by atoms with van der Waals surface area (Å²) >= 11 is 0. The van der Waals surface area contributed by atoms with Crippen molar-refractivity contribution in [2.75, 3.05) is 23.7 Å². The highest BCUT2D eigenvalue weighted by atomic mass is 16.6. The molecular weight excluding hydrogens is 230 g/mol. The van der Waals surface area contributed by atoms with Crippen LogP contribution >= 0.6 is 0 Å². The van der Waals surface area contributed by atoms with Crippen molar-refractivity contribution in [3.63, 3.8) is 0 Å². The van der Waals surface area contributed by atoms with Crippen LogP contribution in [0.1, 0.15) is 26.2 Å². The Morgan fingerprint density at radius 2 is 1.94 bits per heavy atom. The maximum atomic E-state index is 10.9. The molecule has 1 aromatic carbocycles. The molecule has 0 spiro atoms. The molecule has 1 aliphatic carbocycles. The zero-order chi connectivity index (χ0) is 13.0. The number of benzene rings is 1. The molecule has 0 amide bonds. The zero-order valence-electron chi connectivity index (χ0n) is 10.6. The van der Waals surface area contributed by atoms with Crippen LogP contribution in [0.15, 0.2) is 18.2 Å². The fourth-order valence-electron chi connectivity index (χ4n) is 1.77. The normalized spacial score (nSPS) is 14.3. The molecule has 0 aromatic heterocycles. The quantitative estimate of drug-likeness (QED) is 0.575. The molecule has 1 aliphatic rings. The Bertz CT molecular complexity index is 430. The van der Waals surface area contributed by atoms with E-state index >= 15 is 0 Å². The predicted molar refractivity (Wildman–Crippen MR) is 73.1 cm³/mol. The maximum absolute atomic E-state index is 10.9.